The first kappa shape index (κ1) is 9.98. The smallest absolute Gasteiger partial charge is 0.510 e. The Kier molecular flexibility index (Phi) is 3.24. The Morgan fingerprint density at radius 2 is 2.15 bits per heavy atom. The Bertz CT molecular complexity index is 295. The Labute approximate surface area is 74.9 Å². The molecule has 70 valence electrons. The number of halogens is 1. The highest BCUT2D eigenvalue weighted by atomic mass is 19.1. The van der Waals surface area contributed by atoms with Gasteiger partial charge in [-0.05, 0) is 17.7 Å². The zero-order valence-electron chi connectivity index (χ0n) is 6.77. The molecule has 0 atom stereocenters. The largest absolute Gasteiger partial charge is 0.707 e. The van der Waals surface area contributed by atoms with E-state index in [0.717, 1.165) is 0 Å². The van der Waals surface area contributed by atoms with Crippen molar-refractivity contribution in [3.8, 4) is 5.75 Å². The number of hydrogen-bond donors (Lipinski definition) is 3. The average molecular weight is 185 g/mol. The maximum Gasteiger partial charge on any atom is 0.707 e. The van der Waals surface area contributed by atoms with Crippen LogP contribution in [0.3, 0.4) is 0 Å². The van der Waals surface area contributed by atoms with Crippen LogP contribution in [0.15, 0.2) is 18.2 Å². The molecule has 0 aliphatic rings. The van der Waals surface area contributed by atoms with Crippen molar-refractivity contribution in [3.05, 3.63) is 29.6 Å². The second-order valence-corrected chi connectivity index (χ2v) is 2.41. The van der Waals surface area contributed by atoms with Crippen molar-refractivity contribution in [3.63, 3.8) is 0 Å². The molecule has 0 saturated carbocycles. The molecule has 0 fully saturated rings. The monoisotopic (exact) mass is 185 g/mol. The van der Waals surface area contributed by atoms with Crippen LogP contribution in [0, 0.1) is 5.82 Å². The predicted molar refractivity (Wildman–Crippen MR) is 45.1 cm³/mol. The van der Waals surface area contributed by atoms with Crippen molar-refractivity contribution in [2.45, 2.75) is 6.54 Å². The van der Waals surface area contributed by atoms with Crippen molar-refractivity contribution < 1.29 is 19.1 Å². The summed E-state index contributed by atoms with van der Waals surface area (Å²) in [6, 6.07) is 4.01. The molecule has 4 N–H and O–H groups in total. The van der Waals surface area contributed by atoms with Gasteiger partial charge in [0, 0.05) is 6.54 Å². The van der Waals surface area contributed by atoms with Crippen LogP contribution < -0.4 is 10.4 Å². The molecule has 0 aliphatic carbocycles. The van der Waals surface area contributed by atoms with E-state index in [1.165, 1.54) is 12.1 Å². The van der Waals surface area contributed by atoms with E-state index in [2.05, 4.69) is 4.65 Å². The van der Waals surface area contributed by atoms with Crippen LogP contribution in [0.4, 0.5) is 4.39 Å². The number of rotatable bonds is 3. The summed E-state index contributed by atoms with van der Waals surface area (Å²) in [6.45, 7) is 0.221. The summed E-state index contributed by atoms with van der Waals surface area (Å²) < 4.78 is 17.3. The highest BCUT2D eigenvalue weighted by molar-refractivity contribution is 6.33. The fourth-order valence-corrected chi connectivity index (χ4v) is 0.880. The second-order valence-electron chi connectivity index (χ2n) is 2.41. The standard InChI is InChI=1S/C7H9BFNO3/c9-6-3-5(4-10)1-2-7(6)13-8(11)12/h1-3,11-12H,4,10H2. The fourth-order valence-electron chi connectivity index (χ4n) is 0.880. The SMILES string of the molecule is NCc1ccc(OB(O)O)c(F)c1. The minimum atomic E-state index is -2.02. The molecule has 1 aromatic carbocycles. The molecular formula is C7H9BFNO3. The molecule has 6 heteroatoms. The van der Waals surface area contributed by atoms with Gasteiger partial charge in [0.1, 0.15) is 5.75 Å². The lowest BCUT2D eigenvalue weighted by Gasteiger charge is -2.06. The average Bonchev–Trinajstić information content (AvgIpc) is 2.08. The summed E-state index contributed by atoms with van der Waals surface area (Å²) in [5, 5.41) is 16.8. The van der Waals surface area contributed by atoms with Gasteiger partial charge in [-0.15, -0.1) is 0 Å². The van der Waals surface area contributed by atoms with Gasteiger partial charge in [-0.3, -0.25) is 0 Å². The molecule has 0 radical (unpaired) electrons. The summed E-state index contributed by atoms with van der Waals surface area (Å²) in [4.78, 5) is 0. The van der Waals surface area contributed by atoms with E-state index in [9.17, 15) is 4.39 Å². The molecule has 1 rings (SSSR count). The highest BCUT2D eigenvalue weighted by Crippen LogP contribution is 2.17. The molecule has 0 saturated heterocycles. The molecule has 0 aromatic heterocycles. The second kappa shape index (κ2) is 4.22. The maximum atomic E-state index is 13.0. The molecule has 0 unspecified atom stereocenters. The zero-order chi connectivity index (χ0) is 9.84. The van der Waals surface area contributed by atoms with Gasteiger partial charge in [-0.1, -0.05) is 6.07 Å². The van der Waals surface area contributed by atoms with Crippen LogP contribution in [-0.2, 0) is 6.54 Å². The Hall–Kier alpha value is -1.11. The maximum absolute atomic E-state index is 13.0. The summed E-state index contributed by atoms with van der Waals surface area (Å²) in [5.74, 6) is -0.886. The van der Waals surface area contributed by atoms with E-state index in [1.807, 2.05) is 0 Å². The Morgan fingerprint density at radius 1 is 1.46 bits per heavy atom. The molecule has 0 spiro atoms. The lowest BCUT2D eigenvalue weighted by Crippen LogP contribution is -2.21. The van der Waals surface area contributed by atoms with E-state index >= 15 is 0 Å². The van der Waals surface area contributed by atoms with Gasteiger partial charge >= 0.3 is 7.32 Å². The summed E-state index contributed by atoms with van der Waals surface area (Å²) in [6.07, 6.45) is 0. The van der Waals surface area contributed by atoms with Crippen LogP contribution >= 0.6 is 0 Å². The zero-order valence-corrected chi connectivity index (χ0v) is 6.77. The van der Waals surface area contributed by atoms with Crippen LogP contribution in [0.5, 0.6) is 5.75 Å². The van der Waals surface area contributed by atoms with E-state index in [4.69, 9.17) is 15.8 Å². The van der Waals surface area contributed by atoms with Crippen molar-refractivity contribution in [2.75, 3.05) is 0 Å². The normalized spacial score (nSPS) is 9.85. The quantitative estimate of drug-likeness (QED) is 0.561. The molecule has 0 bridgehead atoms. The van der Waals surface area contributed by atoms with Gasteiger partial charge in [-0.2, -0.15) is 0 Å². The summed E-state index contributed by atoms with van der Waals surface area (Å²) >= 11 is 0. The van der Waals surface area contributed by atoms with Crippen molar-refractivity contribution >= 4 is 7.32 Å². The first-order chi connectivity index (χ1) is 6.13. The number of benzene rings is 1. The van der Waals surface area contributed by atoms with Gasteiger partial charge < -0.3 is 20.4 Å². The highest BCUT2D eigenvalue weighted by Gasteiger charge is 2.14. The molecule has 0 amide bonds. The van der Waals surface area contributed by atoms with Gasteiger partial charge in [0.25, 0.3) is 0 Å². The third kappa shape index (κ3) is 2.69. The lowest BCUT2D eigenvalue weighted by atomic mass is 10.2. The van der Waals surface area contributed by atoms with Crippen molar-refractivity contribution in [1.82, 2.24) is 0 Å². The van der Waals surface area contributed by atoms with E-state index in [0.29, 0.717) is 5.56 Å². The van der Waals surface area contributed by atoms with Crippen LogP contribution in [0.25, 0.3) is 0 Å². The molecule has 4 nitrogen and oxygen atoms in total. The van der Waals surface area contributed by atoms with Crippen molar-refractivity contribution in [2.24, 2.45) is 5.73 Å². The first-order valence-corrected chi connectivity index (χ1v) is 3.65. The minimum Gasteiger partial charge on any atom is -0.510 e. The van der Waals surface area contributed by atoms with E-state index in [1.54, 1.807) is 6.07 Å². The molecule has 1 aromatic rings. The van der Waals surface area contributed by atoms with Gasteiger partial charge in [-0.25, -0.2) is 4.39 Å². The third-order valence-corrected chi connectivity index (χ3v) is 1.46. The van der Waals surface area contributed by atoms with Gasteiger partial charge in [0.05, 0.1) is 0 Å². The minimum absolute atomic E-state index is 0.216. The van der Waals surface area contributed by atoms with Gasteiger partial charge in [0.15, 0.2) is 5.82 Å². The molecule has 0 aliphatic heterocycles. The fraction of sp³-hybridized carbons (Fsp3) is 0.143. The lowest BCUT2D eigenvalue weighted by molar-refractivity contribution is 0.281. The Morgan fingerprint density at radius 3 is 2.62 bits per heavy atom. The molecule has 13 heavy (non-hydrogen) atoms. The van der Waals surface area contributed by atoms with Crippen LogP contribution in [-0.4, -0.2) is 17.4 Å². The predicted octanol–water partition coefficient (Wildman–Crippen LogP) is -0.367. The molecular weight excluding hydrogens is 176 g/mol. The summed E-state index contributed by atoms with van der Waals surface area (Å²) in [7, 11) is -2.02. The summed E-state index contributed by atoms with van der Waals surface area (Å²) in [5.41, 5.74) is 5.87. The van der Waals surface area contributed by atoms with Crippen molar-refractivity contribution in [1.29, 1.82) is 0 Å². The first-order valence-electron chi connectivity index (χ1n) is 3.65. The topological polar surface area (TPSA) is 75.7 Å². The number of hydrogen-bond acceptors (Lipinski definition) is 4. The van der Waals surface area contributed by atoms with Crippen LogP contribution in [0.1, 0.15) is 5.56 Å². The van der Waals surface area contributed by atoms with Gasteiger partial charge in [0.2, 0.25) is 0 Å². The number of nitrogens with two attached hydrogens (primary N) is 1. The van der Waals surface area contributed by atoms with E-state index in [-0.39, 0.29) is 12.3 Å². The van der Waals surface area contributed by atoms with Crippen LogP contribution in [0.2, 0.25) is 0 Å². The third-order valence-electron chi connectivity index (χ3n) is 1.46. The van der Waals surface area contributed by atoms with E-state index < -0.39 is 13.1 Å². The molecule has 0 heterocycles. The Balaban J connectivity index is 2.85.